The molecular formula is C14H20ClFN2. The maximum absolute atomic E-state index is 13.2. The number of hydrogen-bond acceptors (Lipinski definition) is 2. The van der Waals surface area contributed by atoms with E-state index < -0.39 is 5.82 Å². The Balaban J connectivity index is 1.95. The molecule has 1 aromatic rings. The van der Waals surface area contributed by atoms with Crippen LogP contribution in [0.1, 0.15) is 32.6 Å². The molecule has 0 heterocycles. The minimum absolute atomic E-state index is 0.115. The quantitative estimate of drug-likeness (QED) is 0.804. The van der Waals surface area contributed by atoms with Gasteiger partial charge in [-0.05, 0) is 30.7 Å². The monoisotopic (exact) mass is 270 g/mol. The molecule has 0 spiro atoms. The van der Waals surface area contributed by atoms with Crippen molar-refractivity contribution in [2.75, 3.05) is 17.6 Å². The smallest absolute Gasteiger partial charge is 0.143 e. The van der Waals surface area contributed by atoms with Gasteiger partial charge in [-0.15, -0.1) is 0 Å². The van der Waals surface area contributed by atoms with Crippen molar-refractivity contribution in [3.63, 3.8) is 0 Å². The molecule has 100 valence electrons. The lowest BCUT2D eigenvalue weighted by Crippen LogP contribution is -2.21. The highest BCUT2D eigenvalue weighted by molar-refractivity contribution is 6.31. The Hall–Kier alpha value is -0.960. The summed E-state index contributed by atoms with van der Waals surface area (Å²) < 4.78 is 13.2. The third kappa shape index (κ3) is 3.29. The average Bonchev–Trinajstić information content (AvgIpc) is 2.32. The normalized spacial score (nSPS) is 23.9. The van der Waals surface area contributed by atoms with Crippen LogP contribution in [0.2, 0.25) is 5.02 Å². The lowest BCUT2D eigenvalue weighted by Gasteiger charge is -2.27. The molecule has 18 heavy (non-hydrogen) atoms. The van der Waals surface area contributed by atoms with Crippen LogP contribution in [-0.4, -0.2) is 6.54 Å². The van der Waals surface area contributed by atoms with Crippen molar-refractivity contribution in [2.24, 2.45) is 11.8 Å². The van der Waals surface area contributed by atoms with Crippen LogP contribution >= 0.6 is 11.6 Å². The Morgan fingerprint density at radius 1 is 1.44 bits per heavy atom. The Morgan fingerprint density at radius 2 is 2.22 bits per heavy atom. The highest BCUT2D eigenvalue weighted by Gasteiger charge is 2.18. The van der Waals surface area contributed by atoms with E-state index in [1.54, 1.807) is 6.07 Å². The van der Waals surface area contributed by atoms with Gasteiger partial charge in [-0.25, -0.2) is 4.39 Å². The van der Waals surface area contributed by atoms with Gasteiger partial charge in [0.05, 0.1) is 16.4 Å². The van der Waals surface area contributed by atoms with Crippen LogP contribution in [0.4, 0.5) is 15.8 Å². The largest absolute Gasteiger partial charge is 0.397 e. The molecule has 1 aliphatic carbocycles. The van der Waals surface area contributed by atoms with Gasteiger partial charge in [0, 0.05) is 12.6 Å². The van der Waals surface area contributed by atoms with Crippen LogP contribution < -0.4 is 11.1 Å². The molecule has 1 fully saturated rings. The highest BCUT2D eigenvalue weighted by Crippen LogP contribution is 2.30. The van der Waals surface area contributed by atoms with Crippen LogP contribution in [0.25, 0.3) is 0 Å². The van der Waals surface area contributed by atoms with E-state index >= 15 is 0 Å². The number of nitrogen functional groups attached to an aromatic ring is 1. The predicted octanol–water partition coefficient (Wildman–Crippen LogP) is 4.30. The number of nitrogens with two attached hydrogens (primary N) is 1. The number of benzene rings is 1. The van der Waals surface area contributed by atoms with Crippen LogP contribution in [0.5, 0.6) is 0 Å². The molecule has 2 unspecified atom stereocenters. The van der Waals surface area contributed by atoms with Crippen molar-refractivity contribution in [1.82, 2.24) is 0 Å². The molecule has 0 aliphatic heterocycles. The summed E-state index contributed by atoms with van der Waals surface area (Å²) in [6.07, 6.45) is 5.14. The van der Waals surface area contributed by atoms with Crippen molar-refractivity contribution in [2.45, 2.75) is 32.6 Å². The Kier molecular flexibility index (Phi) is 4.33. The number of anilines is 2. The van der Waals surface area contributed by atoms with E-state index in [1.165, 1.54) is 31.7 Å². The van der Waals surface area contributed by atoms with Crippen molar-refractivity contribution in [3.8, 4) is 0 Å². The van der Waals surface area contributed by atoms with Crippen LogP contribution in [0.3, 0.4) is 0 Å². The van der Waals surface area contributed by atoms with E-state index in [0.29, 0.717) is 11.6 Å². The first-order valence-electron chi connectivity index (χ1n) is 6.54. The molecule has 0 aromatic heterocycles. The molecule has 4 heteroatoms. The summed E-state index contributed by atoms with van der Waals surface area (Å²) in [5.41, 5.74) is 6.93. The lowest BCUT2D eigenvalue weighted by molar-refractivity contribution is 0.293. The second kappa shape index (κ2) is 5.79. The zero-order chi connectivity index (χ0) is 13.1. The van der Waals surface area contributed by atoms with Gasteiger partial charge >= 0.3 is 0 Å². The first-order chi connectivity index (χ1) is 8.56. The molecule has 3 N–H and O–H groups in total. The van der Waals surface area contributed by atoms with Crippen molar-refractivity contribution < 1.29 is 4.39 Å². The van der Waals surface area contributed by atoms with Gasteiger partial charge in [0.25, 0.3) is 0 Å². The summed E-state index contributed by atoms with van der Waals surface area (Å²) in [6, 6.07) is 2.84. The SMILES string of the molecule is CC1CCCC(CNc2cc(Cl)c(F)cc2N)C1. The first kappa shape index (κ1) is 13.5. The van der Waals surface area contributed by atoms with E-state index in [9.17, 15) is 4.39 Å². The van der Waals surface area contributed by atoms with Crippen molar-refractivity contribution in [1.29, 1.82) is 0 Å². The Morgan fingerprint density at radius 3 is 2.94 bits per heavy atom. The average molecular weight is 271 g/mol. The fourth-order valence-corrected chi connectivity index (χ4v) is 2.88. The summed E-state index contributed by atoms with van der Waals surface area (Å²) in [4.78, 5) is 0. The van der Waals surface area contributed by atoms with E-state index in [1.807, 2.05) is 0 Å². The molecule has 1 saturated carbocycles. The molecule has 2 atom stereocenters. The molecule has 1 aliphatic rings. The number of nitrogens with one attached hydrogen (secondary N) is 1. The molecule has 0 saturated heterocycles. The van der Waals surface area contributed by atoms with E-state index in [-0.39, 0.29) is 5.02 Å². The fraction of sp³-hybridized carbons (Fsp3) is 0.571. The van der Waals surface area contributed by atoms with E-state index in [4.69, 9.17) is 17.3 Å². The summed E-state index contributed by atoms with van der Waals surface area (Å²) in [7, 11) is 0. The third-order valence-corrected chi connectivity index (χ3v) is 4.01. The zero-order valence-electron chi connectivity index (χ0n) is 10.7. The highest BCUT2D eigenvalue weighted by atomic mass is 35.5. The Bertz CT molecular complexity index is 423. The minimum Gasteiger partial charge on any atom is -0.397 e. The number of rotatable bonds is 3. The third-order valence-electron chi connectivity index (χ3n) is 3.72. The molecule has 2 nitrogen and oxygen atoms in total. The van der Waals surface area contributed by atoms with Crippen molar-refractivity contribution >= 4 is 23.0 Å². The van der Waals surface area contributed by atoms with Gasteiger partial charge < -0.3 is 11.1 Å². The minimum atomic E-state index is -0.467. The summed E-state index contributed by atoms with van der Waals surface area (Å²) >= 11 is 5.76. The van der Waals surface area contributed by atoms with Gasteiger partial charge in [0.1, 0.15) is 5.82 Å². The topological polar surface area (TPSA) is 38.0 Å². The van der Waals surface area contributed by atoms with Gasteiger partial charge in [-0.3, -0.25) is 0 Å². The summed E-state index contributed by atoms with van der Waals surface area (Å²) in [5, 5.41) is 3.41. The molecular weight excluding hydrogens is 251 g/mol. The molecule has 0 radical (unpaired) electrons. The van der Waals surface area contributed by atoms with Gasteiger partial charge in [-0.1, -0.05) is 31.4 Å². The number of hydrogen-bond donors (Lipinski definition) is 2. The molecule has 1 aromatic carbocycles. The summed E-state index contributed by atoms with van der Waals surface area (Å²) in [5.74, 6) is 1.02. The molecule has 2 rings (SSSR count). The van der Waals surface area contributed by atoms with Gasteiger partial charge in [0.15, 0.2) is 0 Å². The zero-order valence-corrected chi connectivity index (χ0v) is 11.4. The maximum Gasteiger partial charge on any atom is 0.143 e. The first-order valence-corrected chi connectivity index (χ1v) is 6.92. The standard InChI is InChI=1S/C14H20ClFN2/c1-9-3-2-4-10(5-9)8-18-14-6-11(15)12(16)7-13(14)17/h6-7,9-10,18H,2-5,8,17H2,1H3. The van der Waals surface area contributed by atoms with Crippen LogP contribution in [0.15, 0.2) is 12.1 Å². The second-order valence-corrected chi connectivity index (χ2v) is 5.78. The van der Waals surface area contributed by atoms with Gasteiger partial charge in [-0.2, -0.15) is 0 Å². The van der Waals surface area contributed by atoms with Crippen LogP contribution in [-0.2, 0) is 0 Å². The second-order valence-electron chi connectivity index (χ2n) is 5.37. The molecule has 0 amide bonds. The molecule has 0 bridgehead atoms. The lowest BCUT2D eigenvalue weighted by atomic mass is 9.82. The maximum atomic E-state index is 13.2. The van der Waals surface area contributed by atoms with Crippen molar-refractivity contribution in [3.05, 3.63) is 23.0 Å². The predicted molar refractivity (Wildman–Crippen MR) is 75.4 cm³/mol. The number of halogens is 2. The van der Waals surface area contributed by atoms with Crippen LogP contribution in [0, 0.1) is 17.7 Å². The Labute approximate surface area is 113 Å². The fourth-order valence-electron chi connectivity index (χ4n) is 2.71. The van der Waals surface area contributed by atoms with E-state index in [2.05, 4.69) is 12.2 Å². The summed E-state index contributed by atoms with van der Waals surface area (Å²) in [6.45, 7) is 3.19. The van der Waals surface area contributed by atoms with Gasteiger partial charge in [0.2, 0.25) is 0 Å². The van der Waals surface area contributed by atoms with E-state index in [0.717, 1.165) is 18.2 Å².